The summed E-state index contributed by atoms with van der Waals surface area (Å²) in [4.78, 5) is 11.2. The van der Waals surface area contributed by atoms with Gasteiger partial charge in [0.1, 0.15) is 5.56 Å². The SMILES string of the molecule is COc1c(C(=O)O)c(C)nn1-c1ccccc1C. The standard InChI is InChI=1S/C13H14N2O3/c1-8-6-4-5-7-10(8)15-12(18-3)11(13(16)17)9(2)14-15/h4-7H,1-3H3,(H,16,17). The number of ether oxygens (including phenoxy) is 1. The summed E-state index contributed by atoms with van der Waals surface area (Å²) in [6, 6.07) is 7.60. The molecule has 1 heterocycles. The van der Waals surface area contributed by atoms with Gasteiger partial charge in [-0.05, 0) is 25.5 Å². The summed E-state index contributed by atoms with van der Waals surface area (Å²) < 4.78 is 6.71. The minimum atomic E-state index is -1.04. The van der Waals surface area contributed by atoms with Gasteiger partial charge < -0.3 is 9.84 Å². The molecule has 0 saturated heterocycles. The molecule has 0 aliphatic rings. The smallest absolute Gasteiger partial charge is 0.343 e. The van der Waals surface area contributed by atoms with Gasteiger partial charge in [0.05, 0.1) is 18.5 Å². The highest BCUT2D eigenvalue weighted by molar-refractivity contribution is 5.91. The zero-order valence-electron chi connectivity index (χ0n) is 10.5. The molecule has 0 aliphatic carbocycles. The number of hydrogen-bond acceptors (Lipinski definition) is 3. The summed E-state index contributed by atoms with van der Waals surface area (Å²) in [5.74, 6) is -0.793. The lowest BCUT2D eigenvalue weighted by Gasteiger charge is -2.09. The van der Waals surface area contributed by atoms with E-state index in [-0.39, 0.29) is 11.4 Å². The number of nitrogens with zero attached hydrogens (tertiary/aromatic N) is 2. The number of aryl methyl sites for hydroxylation is 2. The average Bonchev–Trinajstić information content (AvgIpc) is 2.66. The molecule has 1 N–H and O–H groups in total. The van der Waals surface area contributed by atoms with E-state index in [0.717, 1.165) is 11.3 Å². The topological polar surface area (TPSA) is 64.3 Å². The monoisotopic (exact) mass is 246 g/mol. The van der Waals surface area contributed by atoms with Crippen LogP contribution in [0.25, 0.3) is 5.69 Å². The van der Waals surface area contributed by atoms with Crippen LogP contribution in [0.3, 0.4) is 0 Å². The number of hydrogen-bond donors (Lipinski definition) is 1. The summed E-state index contributed by atoms with van der Waals surface area (Å²) in [5.41, 5.74) is 2.34. The largest absolute Gasteiger partial charge is 0.480 e. The van der Waals surface area contributed by atoms with Crippen LogP contribution in [0, 0.1) is 13.8 Å². The van der Waals surface area contributed by atoms with Gasteiger partial charge in [-0.2, -0.15) is 9.78 Å². The number of benzene rings is 1. The van der Waals surface area contributed by atoms with Crippen molar-refractivity contribution in [3.8, 4) is 11.6 Å². The number of rotatable bonds is 3. The van der Waals surface area contributed by atoms with Crippen LogP contribution in [-0.4, -0.2) is 28.0 Å². The third-order valence-corrected chi connectivity index (χ3v) is 2.77. The fourth-order valence-corrected chi connectivity index (χ4v) is 1.91. The fourth-order valence-electron chi connectivity index (χ4n) is 1.91. The second-order valence-electron chi connectivity index (χ2n) is 3.97. The first-order valence-electron chi connectivity index (χ1n) is 5.49. The Kier molecular flexibility index (Phi) is 3.06. The molecule has 18 heavy (non-hydrogen) atoms. The summed E-state index contributed by atoms with van der Waals surface area (Å²) >= 11 is 0. The molecular weight excluding hydrogens is 232 g/mol. The highest BCUT2D eigenvalue weighted by Gasteiger charge is 2.23. The van der Waals surface area contributed by atoms with E-state index in [1.54, 1.807) is 6.92 Å². The first kappa shape index (κ1) is 12.2. The van der Waals surface area contributed by atoms with Crippen LogP contribution in [0.2, 0.25) is 0 Å². The van der Waals surface area contributed by atoms with E-state index in [4.69, 9.17) is 4.74 Å². The summed E-state index contributed by atoms with van der Waals surface area (Å²) in [7, 11) is 1.44. The maximum atomic E-state index is 11.2. The van der Waals surface area contributed by atoms with E-state index in [1.165, 1.54) is 11.8 Å². The quantitative estimate of drug-likeness (QED) is 0.901. The Morgan fingerprint density at radius 1 is 1.33 bits per heavy atom. The molecule has 5 nitrogen and oxygen atoms in total. The Hall–Kier alpha value is -2.30. The Balaban J connectivity index is 2.70. The van der Waals surface area contributed by atoms with Crippen molar-refractivity contribution in [2.45, 2.75) is 13.8 Å². The van der Waals surface area contributed by atoms with Gasteiger partial charge in [0.25, 0.3) is 0 Å². The van der Waals surface area contributed by atoms with Gasteiger partial charge in [0.2, 0.25) is 5.88 Å². The van der Waals surface area contributed by atoms with E-state index < -0.39 is 5.97 Å². The minimum absolute atomic E-state index is 0.0979. The highest BCUT2D eigenvalue weighted by atomic mass is 16.5. The molecule has 0 fully saturated rings. The number of methoxy groups -OCH3 is 1. The number of carboxylic acids is 1. The van der Waals surface area contributed by atoms with Gasteiger partial charge in [-0.1, -0.05) is 18.2 Å². The average molecular weight is 246 g/mol. The second-order valence-corrected chi connectivity index (χ2v) is 3.97. The molecule has 94 valence electrons. The molecule has 0 atom stereocenters. The summed E-state index contributed by atoms with van der Waals surface area (Å²) in [6.07, 6.45) is 0. The maximum Gasteiger partial charge on any atom is 0.343 e. The Morgan fingerprint density at radius 3 is 2.56 bits per heavy atom. The first-order valence-corrected chi connectivity index (χ1v) is 5.49. The molecular formula is C13H14N2O3. The molecule has 0 spiro atoms. The minimum Gasteiger partial charge on any atom is -0.480 e. The van der Waals surface area contributed by atoms with Gasteiger partial charge in [0.15, 0.2) is 0 Å². The number of aromatic nitrogens is 2. The predicted molar refractivity (Wildman–Crippen MR) is 66.5 cm³/mol. The predicted octanol–water partition coefficient (Wildman–Crippen LogP) is 2.20. The van der Waals surface area contributed by atoms with Crippen LogP contribution in [0.1, 0.15) is 21.6 Å². The number of carboxylic acid groups (broad SMARTS) is 1. The molecule has 1 aromatic carbocycles. The highest BCUT2D eigenvalue weighted by Crippen LogP contribution is 2.26. The van der Waals surface area contributed by atoms with Gasteiger partial charge in [-0.25, -0.2) is 4.79 Å². The van der Waals surface area contributed by atoms with Crippen LogP contribution < -0.4 is 4.74 Å². The number of para-hydroxylation sites is 1. The molecule has 5 heteroatoms. The number of carbonyl (C=O) groups is 1. The zero-order valence-corrected chi connectivity index (χ0v) is 10.5. The van der Waals surface area contributed by atoms with Crippen LogP contribution >= 0.6 is 0 Å². The molecule has 0 unspecified atom stereocenters. The molecule has 0 aliphatic heterocycles. The van der Waals surface area contributed by atoms with Crippen molar-refractivity contribution < 1.29 is 14.6 Å². The Bertz CT molecular complexity index is 602. The molecule has 1 aromatic heterocycles. The zero-order chi connectivity index (χ0) is 13.3. The Morgan fingerprint density at radius 2 is 2.00 bits per heavy atom. The molecule has 0 amide bonds. The normalized spacial score (nSPS) is 10.4. The molecule has 0 bridgehead atoms. The second kappa shape index (κ2) is 4.52. The third kappa shape index (κ3) is 1.84. The fraction of sp³-hybridized carbons (Fsp3) is 0.231. The van der Waals surface area contributed by atoms with Crippen molar-refractivity contribution in [1.82, 2.24) is 9.78 Å². The van der Waals surface area contributed by atoms with Gasteiger partial charge in [0, 0.05) is 0 Å². The molecule has 2 rings (SSSR count). The van der Waals surface area contributed by atoms with E-state index in [1.807, 2.05) is 31.2 Å². The van der Waals surface area contributed by atoms with E-state index in [2.05, 4.69) is 5.10 Å². The lowest BCUT2D eigenvalue weighted by Crippen LogP contribution is -2.04. The first-order chi connectivity index (χ1) is 8.56. The van der Waals surface area contributed by atoms with E-state index >= 15 is 0 Å². The van der Waals surface area contributed by atoms with Crippen molar-refractivity contribution in [2.24, 2.45) is 0 Å². The van der Waals surface area contributed by atoms with Gasteiger partial charge in [-0.15, -0.1) is 0 Å². The lowest BCUT2D eigenvalue weighted by atomic mass is 10.2. The molecule has 2 aromatic rings. The van der Waals surface area contributed by atoms with E-state index in [0.29, 0.717) is 5.69 Å². The van der Waals surface area contributed by atoms with E-state index in [9.17, 15) is 9.90 Å². The third-order valence-electron chi connectivity index (χ3n) is 2.77. The van der Waals surface area contributed by atoms with Crippen LogP contribution in [0.4, 0.5) is 0 Å². The van der Waals surface area contributed by atoms with Gasteiger partial charge >= 0.3 is 5.97 Å². The summed E-state index contributed by atoms with van der Waals surface area (Å²) in [6.45, 7) is 3.59. The van der Waals surface area contributed by atoms with Crippen LogP contribution in [0.5, 0.6) is 5.88 Å². The van der Waals surface area contributed by atoms with Crippen molar-refractivity contribution in [3.63, 3.8) is 0 Å². The Labute approximate surface area is 105 Å². The van der Waals surface area contributed by atoms with Crippen LogP contribution in [-0.2, 0) is 0 Å². The molecule has 0 saturated carbocycles. The molecule has 0 radical (unpaired) electrons. The number of aromatic carboxylic acids is 1. The van der Waals surface area contributed by atoms with Crippen molar-refractivity contribution in [2.75, 3.05) is 7.11 Å². The van der Waals surface area contributed by atoms with Crippen LogP contribution in [0.15, 0.2) is 24.3 Å². The van der Waals surface area contributed by atoms with Crippen molar-refractivity contribution in [3.05, 3.63) is 41.1 Å². The van der Waals surface area contributed by atoms with Gasteiger partial charge in [-0.3, -0.25) is 0 Å². The van der Waals surface area contributed by atoms with Crippen molar-refractivity contribution >= 4 is 5.97 Å². The lowest BCUT2D eigenvalue weighted by molar-refractivity contribution is 0.0692. The van der Waals surface area contributed by atoms with Crippen molar-refractivity contribution in [1.29, 1.82) is 0 Å². The maximum absolute atomic E-state index is 11.2. The summed E-state index contributed by atoms with van der Waals surface area (Å²) in [5, 5.41) is 13.4.